The Morgan fingerprint density at radius 3 is 2.62 bits per heavy atom. The smallest absolute Gasteiger partial charge is 0.496 e. The second-order valence-corrected chi connectivity index (χ2v) is 5.17. The number of carbonyl (C=O) groups is 1. The maximum absolute atomic E-state index is 12.2. The van der Waals surface area contributed by atoms with Crippen molar-refractivity contribution in [3.63, 3.8) is 0 Å². The maximum Gasteiger partial charge on any atom is 0.573 e. The number of carbonyl (C=O) groups excluding carboxylic acids is 1. The minimum atomic E-state index is -4.82. The lowest BCUT2D eigenvalue weighted by atomic mass is 10.1. The molecule has 1 unspecified atom stereocenters. The molecular weight excluding hydrogens is 353 g/mol. The summed E-state index contributed by atoms with van der Waals surface area (Å²) >= 11 is 0. The van der Waals surface area contributed by atoms with Gasteiger partial charge in [0.25, 0.3) is 0 Å². The molecule has 0 aliphatic heterocycles. The van der Waals surface area contributed by atoms with Gasteiger partial charge in [0.05, 0.1) is 13.2 Å². The predicted octanol–water partition coefficient (Wildman–Crippen LogP) is 3.45. The van der Waals surface area contributed by atoms with Gasteiger partial charge in [-0.25, -0.2) is 4.79 Å². The SMILES string of the molecule is COc1ccccc1C(O)CNC(=O)Nc1cccc(OC(F)(F)F)c1. The third-order valence-corrected chi connectivity index (χ3v) is 3.28. The summed E-state index contributed by atoms with van der Waals surface area (Å²) in [7, 11) is 1.46. The molecule has 2 aromatic rings. The number of methoxy groups -OCH3 is 1. The Bertz CT molecular complexity index is 753. The highest BCUT2D eigenvalue weighted by molar-refractivity contribution is 5.89. The van der Waals surface area contributed by atoms with Gasteiger partial charge in [0, 0.05) is 23.9 Å². The molecule has 0 aliphatic rings. The van der Waals surface area contributed by atoms with Crippen molar-refractivity contribution in [2.45, 2.75) is 12.5 Å². The van der Waals surface area contributed by atoms with Crippen LogP contribution in [0, 0.1) is 0 Å². The fourth-order valence-corrected chi connectivity index (χ4v) is 2.19. The first-order valence-corrected chi connectivity index (χ1v) is 7.50. The molecule has 6 nitrogen and oxygen atoms in total. The Morgan fingerprint density at radius 2 is 1.92 bits per heavy atom. The third-order valence-electron chi connectivity index (χ3n) is 3.28. The second-order valence-electron chi connectivity index (χ2n) is 5.17. The molecule has 0 aliphatic carbocycles. The van der Waals surface area contributed by atoms with E-state index in [1.54, 1.807) is 24.3 Å². The van der Waals surface area contributed by atoms with Crippen LogP contribution < -0.4 is 20.1 Å². The second kappa shape index (κ2) is 8.43. The van der Waals surface area contributed by atoms with E-state index < -0.39 is 24.2 Å². The van der Waals surface area contributed by atoms with Crippen molar-refractivity contribution in [2.24, 2.45) is 0 Å². The monoisotopic (exact) mass is 370 g/mol. The number of nitrogens with one attached hydrogen (secondary N) is 2. The molecule has 2 aromatic carbocycles. The van der Waals surface area contributed by atoms with Crippen molar-refractivity contribution in [1.82, 2.24) is 5.32 Å². The van der Waals surface area contributed by atoms with Crippen LogP contribution in [0.15, 0.2) is 48.5 Å². The van der Waals surface area contributed by atoms with Crippen LogP contribution >= 0.6 is 0 Å². The van der Waals surface area contributed by atoms with Crippen LogP contribution in [0.1, 0.15) is 11.7 Å². The van der Waals surface area contributed by atoms with Crippen LogP contribution in [0.4, 0.5) is 23.7 Å². The lowest BCUT2D eigenvalue weighted by Crippen LogP contribution is -2.32. The van der Waals surface area contributed by atoms with Gasteiger partial charge >= 0.3 is 12.4 Å². The number of hydrogen-bond acceptors (Lipinski definition) is 4. The van der Waals surface area contributed by atoms with Crippen LogP contribution in [-0.4, -0.2) is 31.2 Å². The fraction of sp³-hybridized carbons (Fsp3) is 0.235. The molecule has 1 atom stereocenters. The van der Waals surface area contributed by atoms with Crippen molar-refractivity contribution in [1.29, 1.82) is 0 Å². The number of amides is 2. The van der Waals surface area contributed by atoms with E-state index in [4.69, 9.17) is 4.74 Å². The summed E-state index contributed by atoms with van der Waals surface area (Å²) in [4.78, 5) is 11.9. The zero-order valence-electron chi connectivity index (χ0n) is 13.7. The van der Waals surface area contributed by atoms with Gasteiger partial charge in [-0.05, 0) is 18.2 Å². The fourth-order valence-electron chi connectivity index (χ4n) is 2.19. The van der Waals surface area contributed by atoms with Gasteiger partial charge < -0.3 is 25.2 Å². The first kappa shape index (κ1) is 19.4. The van der Waals surface area contributed by atoms with Crippen LogP contribution in [0.25, 0.3) is 0 Å². The lowest BCUT2D eigenvalue weighted by molar-refractivity contribution is -0.274. The number of alkyl halides is 3. The molecule has 26 heavy (non-hydrogen) atoms. The molecule has 2 amide bonds. The highest BCUT2D eigenvalue weighted by Gasteiger charge is 2.31. The molecule has 0 bridgehead atoms. The molecule has 2 rings (SSSR count). The first-order valence-electron chi connectivity index (χ1n) is 7.50. The topological polar surface area (TPSA) is 79.8 Å². The van der Waals surface area contributed by atoms with Crippen molar-refractivity contribution in [3.05, 3.63) is 54.1 Å². The summed E-state index contributed by atoms with van der Waals surface area (Å²) in [6.45, 7) is -0.120. The largest absolute Gasteiger partial charge is 0.573 e. The summed E-state index contributed by atoms with van der Waals surface area (Å²) in [5, 5.41) is 14.9. The number of benzene rings is 2. The van der Waals surface area contributed by atoms with Gasteiger partial charge in [0.1, 0.15) is 11.5 Å². The maximum atomic E-state index is 12.2. The van der Waals surface area contributed by atoms with Gasteiger partial charge in [-0.2, -0.15) is 0 Å². The van der Waals surface area contributed by atoms with E-state index >= 15 is 0 Å². The summed E-state index contributed by atoms with van der Waals surface area (Å²) in [5.74, 6) is 0.0172. The van der Waals surface area contributed by atoms with Crippen molar-refractivity contribution >= 4 is 11.7 Å². The summed E-state index contributed by atoms with van der Waals surface area (Å²) in [5.41, 5.74) is 0.604. The van der Waals surface area contributed by atoms with Crippen LogP contribution in [-0.2, 0) is 0 Å². The number of aliphatic hydroxyl groups is 1. The Balaban J connectivity index is 1.92. The standard InChI is InChI=1S/C17H17F3N2O4/c1-25-15-8-3-2-7-13(15)14(23)10-21-16(24)22-11-5-4-6-12(9-11)26-17(18,19)20/h2-9,14,23H,10H2,1H3,(H2,21,22,24). The number of para-hydroxylation sites is 1. The molecule has 0 radical (unpaired) electrons. The number of urea groups is 1. The normalized spacial score (nSPS) is 12.2. The third kappa shape index (κ3) is 5.85. The van der Waals surface area contributed by atoms with Crippen LogP contribution in [0.2, 0.25) is 0 Å². The molecule has 9 heteroatoms. The quantitative estimate of drug-likeness (QED) is 0.728. The molecule has 3 N–H and O–H groups in total. The van der Waals surface area contributed by atoms with E-state index in [1.807, 2.05) is 0 Å². The molecular formula is C17H17F3N2O4. The summed E-state index contributed by atoms with van der Waals surface area (Å²) in [6, 6.07) is 10.9. The molecule has 140 valence electrons. The van der Waals surface area contributed by atoms with E-state index in [-0.39, 0.29) is 12.2 Å². The summed E-state index contributed by atoms with van der Waals surface area (Å²) < 4.78 is 45.5. The van der Waals surface area contributed by atoms with Gasteiger partial charge in [-0.1, -0.05) is 24.3 Å². The van der Waals surface area contributed by atoms with Crippen LogP contribution in [0.3, 0.4) is 0 Å². The molecule has 0 heterocycles. The average Bonchev–Trinajstić information content (AvgIpc) is 2.58. The molecule has 0 fully saturated rings. The number of hydrogen-bond donors (Lipinski definition) is 3. The number of ether oxygens (including phenoxy) is 2. The van der Waals surface area contributed by atoms with E-state index in [0.717, 1.165) is 12.1 Å². The van der Waals surface area contributed by atoms with Crippen molar-refractivity contribution in [3.8, 4) is 11.5 Å². The number of aliphatic hydroxyl groups excluding tert-OH is 1. The predicted molar refractivity (Wildman–Crippen MR) is 88.1 cm³/mol. The number of anilines is 1. The highest BCUT2D eigenvalue weighted by atomic mass is 19.4. The van der Waals surface area contributed by atoms with E-state index in [1.165, 1.54) is 19.2 Å². The number of halogens is 3. The molecule has 0 spiro atoms. The van der Waals surface area contributed by atoms with Gasteiger partial charge in [-0.15, -0.1) is 13.2 Å². The van der Waals surface area contributed by atoms with Gasteiger partial charge in [-0.3, -0.25) is 0 Å². The minimum Gasteiger partial charge on any atom is -0.496 e. The zero-order chi connectivity index (χ0) is 19.2. The highest BCUT2D eigenvalue weighted by Crippen LogP contribution is 2.25. The Kier molecular flexibility index (Phi) is 6.29. The Labute approximate surface area is 147 Å². The van der Waals surface area contributed by atoms with Crippen molar-refractivity contribution < 1.29 is 32.5 Å². The van der Waals surface area contributed by atoms with Gasteiger partial charge in [0.15, 0.2) is 0 Å². The van der Waals surface area contributed by atoms with E-state index in [0.29, 0.717) is 11.3 Å². The lowest BCUT2D eigenvalue weighted by Gasteiger charge is -2.16. The molecule has 0 saturated heterocycles. The first-order chi connectivity index (χ1) is 12.3. The molecule has 0 saturated carbocycles. The molecule has 0 aromatic heterocycles. The van der Waals surface area contributed by atoms with E-state index in [2.05, 4.69) is 15.4 Å². The minimum absolute atomic E-state index is 0.107. The zero-order valence-corrected chi connectivity index (χ0v) is 13.7. The van der Waals surface area contributed by atoms with Gasteiger partial charge in [0.2, 0.25) is 0 Å². The Hall–Kier alpha value is -2.94. The number of rotatable bonds is 6. The summed E-state index contributed by atoms with van der Waals surface area (Å²) in [6.07, 6.45) is -5.84. The van der Waals surface area contributed by atoms with Crippen LogP contribution in [0.5, 0.6) is 11.5 Å². The van der Waals surface area contributed by atoms with E-state index in [9.17, 15) is 23.1 Å². The average molecular weight is 370 g/mol. The Morgan fingerprint density at radius 1 is 1.19 bits per heavy atom. The van der Waals surface area contributed by atoms with Crippen molar-refractivity contribution in [2.75, 3.05) is 19.0 Å².